The second-order valence-electron chi connectivity index (χ2n) is 4.10. The molecule has 0 aromatic heterocycles. The minimum atomic E-state index is -0.443. The van der Waals surface area contributed by atoms with E-state index in [2.05, 4.69) is 6.58 Å². The van der Waals surface area contributed by atoms with Crippen LogP contribution in [0.3, 0.4) is 0 Å². The van der Waals surface area contributed by atoms with Gasteiger partial charge in [-0.1, -0.05) is 33.8 Å². The molecule has 0 heterocycles. The molecular weight excluding hydrogens is 180 g/mol. The van der Waals surface area contributed by atoms with Crippen LogP contribution >= 0.6 is 0 Å². The van der Waals surface area contributed by atoms with Crippen LogP contribution in [0.1, 0.15) is 33.6 Å². The topological polar surface area (TPSA) is 46.5 Å². The highest BCUT2D eigenvalue weighted by atomic mass is 16.5. The van der Waals surface area contributed by atoms with Gasteiger partial charge in [-0.05, 0) is 6.42 Å². The molecule has 1 N–H and O–H groups in total. The molecule has 0 saturated carbocycles. The van der Waals surface area contributed by atoms with Crippen LogP contribution in [0.4, 0.5) is 0 Å². The number of hydrogen-bond acceptors (Lipinski definition) is 3. The number of carbonyl (C=O) groups excluding carboxylic acids is 1. The molecule has 0 rings (SSSR count). The molecular formula is C11H20O3. The van der Waals surface area contributed by atoms with E-state index in [0.717, 1.165) is 18.9 Å². The second kappa shape index (κ2) is 5.81. The van der Waals surface area contributed by atoms with Crippen LogP contribution in [0.25, 0.3) is 0 Å². The van der Waals surface area contributed by atoms with Crippen LogP contribution in [-0.4, -0.2) is 23.8 Å². The van der Waals surface area contributed by atoms with E-state index in [0.29, 0.717) is 0 Å². The van der Waals surface area contributed by atoms with E-state index in [1.54, 1.807) is 0 Å². The van der Waals surface area contributed by atoms with Crippen molar-refractivity contribution < 1.29 is 14.6 Å². The monoisotopic (exact) mass is 200 g/mol. The van der Waals surface area contributed by atoms with E-state index in [-0.39, 0.29) is 6.61 Å². The molecule has 0 aromatic rings. The van der Waals surface area contributed by atoms with Gasteiger partial charge >= 0.3 is 5.97 Å². The predicted molar refractivity (Wildman–Crippen MR) is 55.9 cm³/mol. The maximum atomic E-state index is 10.8. The summed E-state index contributed by atoms with van der Waals surface area (Å²) >= 11 is 0. The molecule has 82 valence electrons. The number of rotatable bonds is 6. The van der Waals surface area contributed by atoms with Crippen molar-refractivity contribution in [2.24, 2.45) is 5.41 Å². The van der Waals surface area contributed by atoms with Gasteiger partial charge < -0.3 is 9.84 Å². The Morgan fingerprint density at radius 1 is 1.64 bits per heavy atom. The van der Waals surface area contributed by atoms with Crippen molar-refractivity contribution in [3.05, 3.63) is 12.7 Å². The Morgan fingerprint density at radius 3 is 2.64 bits per heavy atom. The van der Waals surface area contributed by atoms with Crippen molar-refractivity contribution in [3.8, 4) is 0 Å². The summed E-state index contributed by atoms with van der Waals surface area (Å²) in [6.45, 7) is 9.29. The van der Waals surface area contributed by atoms with Gasteiger partial charge in [-0.3, -0.25) is 0 Å². The molecule has 0 bridgehead atoms. The van der Waals surface area contributed by atoms with Crippen LogP contribution in [-0.2, 0) is 9.53 Å². The third kappa shape index (κ3) is 4.42. The number of aliphatic hydroxyl groups excluding tert-OH is 1. The highest BCUT2D eigenvalue weighted by Gasteiger charge is 2.28. The summed E-state index contributed by atoms with van der Waals surface area (Å²) in [6.07, 6.45) is 2.33. The average Bonchev–Trinajstić information content (AvgIpc) is 2.14. The van der Waals surface area contributed by atoms with E-state index in [4.69, 9.17) is 4.74 Å². The van der Waals surface area contributed by atoms with E-state index in [1.165, 1.54) is 0 Å². The van der Waals surface area contributed by atoms with E-state index in [9.17, 15) is 9.90 Å². The van der Waals surface area contributed by atoms with Gasteiger partial charge in [-0.2, -0.15) is 0 Å². The lowest BCUT2D eigenvalue weighted by atomic mass is 9.85. The highest BCUT2D eigenvalue weighted by Crippen LogP contribution is 2.24. The molecule has 0 radical (unpaired) electrons. The Bertz CT molecular complexity index is 197. The van der Waals surface area contributed by atoms with Gasteiger partial charge in [0.25, 0.3) is 0 Å². The van der Waals surface area contributed by atoms with Crippen LogP contribution < -0.4 is 0 Å². The average molecular weight is 200 g/mol. The standard InChI is InChI=1S/C11H20O3/c1-5-7-9(12)11(3,4)8-14-10(13)6-2/h6,9,12H,2,5,7-8H2,1,3-4H3. The van der Waals surface area contributed by atoms with E-state index < -0.39 is 17.5 Å². The van der Waals surface area contributed by atoms with E-state index >= 15 is 0 Å². The third-order valence-corrected chi connectivity index (χ3v) is 2.22. The van der Waals surface area contributed by atoms with Crippen molar-refractivity contribution in [3.63, 3.8) is 0 Å². The van der Waals surface area contributed by atoms with Gasteiger partial charge in [0, 0.05) is 11.5 Å². The third-order valence-electron chi connectivity index (χ3n) is 2.22. The first-order valence-electron chi connectivity index (χ1n) is 4.91. The molecule has 14 heavy (non-hydrogen) atoms. The predicted octanol–water partition coefficient (Wildman–Crippen LogP) is 1.90. The molecule has 0 amide bonds. The largest absolute Gasteiger partial charge is 0.462 e. The van der Waals surface area contributed by atoms with E-state index in [1.807, 2.05) is 20.8 Å². The number of esters is 1. The molecule has 1 unspecified atom stereocenters. The quantitative estimate of drug-likeness (QED) is 0.526. The number of carbonyl (C=O) groups is 1. The molecule has 0 fully saturated rings. The fraction of sp³-hybridized carbons (Fsp3) is 0.727. The van der Waals surface area contributed by atoms with Crippen molar-refractivity contribution in [1.82, 2.24) is 0 Å². The summed E-state index contributed by atoms with van der Waals surface area (Å²) in [7, 11) is 0. The van der Waals surface area contributed by atoms with Crippen LogP contribution in [0.2, 0.25) is 0 Å². The molecule has 3 heteroatoms. The van der Waals surface area contributed by atoms with Crippen LogP contribution in [0.15, 0.2) is 12.7 Å². The maximum absolute atomic E-state index is 10.8. The first-order valence-corrected chi connectivity index (χ1v) is 4.91. The molecule has 0 aliphatic carbocycles. The Balaban J connectivity index is 4.05. The summed E-state index contributed by atoms with van der Waals surface area (Å²) in [5.41, 5.74) is -0.394. The van der Waals surface area contributed by atoms with Crippen molar-refractivity contribution in [1.29, 1.82) is 0 Å². The van der Waals surface area contributed by atoms with Gasteiger partial charge in [0.05, 0.1) is 12.7 Å². The first kappa shape index (κ1) is 13.2. The molecule has 0 aliphatic rings. The summed E-state index contributed by atoms with van der Waals surface area (Å²) in [4.78, 5) is 10.8. The molecule has 3 nitrogen and oxygen atoms in total. The normalized spacial score (nSPS) is 13.4. The maximum Gasteiger partial charge on any atom is 0.330 e. The summed E-state index contributed by atoms with van der Waals surface area (Å²) in [6, 6.07) is 0. The Morgan fingerprint density at radius 2 is 2.21 bits per heavy atom. The minimum Gasteiger partial charge on any atom is -0.462 e. The van der Waals surface area contributed by atoms with Crippen molar-refractivity contribution in [2.75, 3.05) is 6.61 Å². The molecule has 0 spiro atoms. The lowest BCUT2D eigenvalue weighted by molar-refractivity contribution is -0.143. The molecule has 0 saturated heterocycles. The summed E-state index contributed by atoms with van der Waals surface area (Å²) < 4.78 is 4.91. The van der Waals surface area contributed by atoms with Gasteiger partial charge in [0.2, 0.25) is 0 Å². The Labute approximate surface area is 85.8 Å². The van der Waals surface area contributed by atoms with Crippen molar-refractivity contribution in [2.45, 2.75) is 39.7 Å². The van der Waals surface area contributed by atoms with Crippen LogP contribution in [0.5, 0.6) is 0 Å². The summed E-state index contributed by atoms with van der Waals surface area (Å²) in [5.74, 6) is -0.443. The second-order valence-corrected chi connectivity index (χ2v) is 4.10. The number of ether oxygens (including phenoxy) is 1. The van der Waals surface area contributed by atoms with Gasteiger partial charge in [0.15, 0.2) is 0 Å². The van der Waals surface area contributed by atoms with Crippen LogP contribution in [0, 0.1) is 5.41 Å². The first-order chi connectivity index (χ1) is 6.44. The van der Waals surface area contributed by atoms with Gasteiger partial charge in [-0.15, -0.1) is 0 Å². The number of aliphatic hydroxyl groups is 1. The van der Waals surface area contributed by atoms with Crippen molar-refractivity contribution >= 4 is 5.97 Å². The highest BCUT2D eigenvalue weighted by molar-refractivity contribution is 5.81. The molecule has 1 atom stereocenters. The van der Waals surface area contributed by atoms with Gasteiger partial charge in [0.1, 0.15) is 0 Å². The zero-order chi connectivity index (χ0) is 11.2. The lowest BCUT2D eigenvalue weighted by Crippen LogP contribution is -2.34. The zero-order valence-corrected chi connectivity index (χ0v) is 9.25. The van der Waals surface area contributed by atoms with Gasteiger partial charge in [-0.25, -0.2) is 4.79 Å². The Kier molecular flexibility index (Phi) is 5.46. The fourth-order valence-corrected chi connectivity index (χ4v) is 1.08. The zero-order valence-electron chi connectivity index (χ0n) is 9.25. The summed E-state index contributed by atoms with van der Waals surface area (Å²) in [5, 5.41) is 9.75. The number of hydrogen-bond donors (Lipinski definition) is 1. The molecule has 0 aliphatic heterocycles. The smallest absolute Gasteiger partial charge is 0.330 e. The SMILES string of the molecule is C=CC(=O)OCC(C)(C)C(O)CCC. The fourth-order valence-electron chi connectivity index (χ4n) is 1.08. The lowest BCUT2D eigenvalue weighted by Gasteiger charge is -2.29. The molecule has 0 aromatic carbocycles. The minimum absolute atomic E-state index is 0.221. The Hall–Kier alpha value is -0.830.